The number of carbonyl (C=O) groups is 2. The average Bonchev–Trinajstić information content (AvgIpc) is 3.38. The largest absolute Gasteiger partial charge is 0.373 e. The second kappa shape index (κ2) is 8.68. The van der Waals surface area contributed by atoms with Crippen LogP contribution in [-0.4, -0.2) is 54.3 Å². The third-order valence-corrected chi connectivity index (χ3v) is 6.07. The van der Waals surface area contributed by atoms with Gasteiger partial charge in [0.15, 0.2) is 0 Å². The summed E-state index contributed by atoms with van der Waals surface area (Å²) in [5.41, 5.74) is 2.99. The summed E-state index contributed by atoms with van der Waals surface area (Å²) in [6.45, 7) is 3.13. The number of amides is 2. The number of nitrogens with zero attached hydrogens (tertiary/aromatic N) is 3. The highest BCUT2D eigenvalue weighted by Crippen LogP contribution is 2.23. The highest BCUT2D eigenvalue weighted by Gasteiger charge is 2.30. The summed E-state index contributed by atoms with van der Waals surface area (Å²) in [6.07, 6.45) is 3.69. The third-order valence-electron chi connectivity index (χ3n) is 6.07. The second-order valence-corrected chi connectivity index (χ2v) is 8.13. The first kappa shape index (κ1) is 19.5. The van der Waals surface area contributed by atoms with Crippen molar-refractivity contribution in [1.29, 1.82) is 0 Å². The van der Waals surface area contributed by atoms with Gasteiger partial charge in [-0.25, -0.2) is 0 Å². The Morgan fingerprint density at radius 2 is 1.79 bits per heavy atom. The smallest absolute Gasteiger partial charge is 0.254 e. The van der Waals surface area contributed by atoms with Crippen LogP contribution in [0, 0.1) is 0 Å². The molecule has 0 spiro atoms. The fraction of sp³-hybridized carbons (Fsp3) is 0.417. The van der Waals surface area contributed by atoms with Crippen LogP contribution in [0.25, 0.3) is 0 Å². The van der Waals surface area contributed by atoms with Crippen LogP contribution in [-0.2, 0) is 11.3 Å². The van der Waals surface area contributed by atoms with E-state index >= 15 is 0 Å². The first-order valence-electron chi connectivity index (χ1n) is 10.6. The lowest BCUT2D eigenvalue weighted by Gasteiger charge is -2.30. The van der Waals surface area contributed by atoms with Gasteiger partial charge < -0.3 is 14.7 Å². The predicted molar refractivity (Wildman–Crippen MR) is 115 cm³/mol. The van der Waals surface area contributed by atoms with E-state index in [1.807, 2.05) is 52.3 Å². The average molecular weight is 392 g/mol. The lowest BCUT2D eigenvalue weighted by molar-refractivity contribution is -0.128. The van der Waals surface area contributed by atoms with Gasteiger partial charge in [0.1, 0.15) is 0 Å². The predicted octanol–water partition coefficient (Wildman–Crippen LogP) is 3.55. The fourth-order valence-electron chi connectivity index (χ4n) is 4.41. The van der Waals surface area contributed by atoms with Crippen LogP contribution >= 0.6 is 0 Å². The second-order valence-electron chi connectivity index (χ2n) is 8.13. The van der Waals surface area contributed by atoms with Crippen LogP contribution in [0.3, 0.4) is 0 Å². The Hall–Kier alpha value is -2.82. The van der Waals surface area contributed by atoms with Gasteiger partial charge in [-0.2, -0.15) is 0 Å². The number of benzene rings is 2. The maximum Gasteiger partial charge on any atom is 0.254 e. The molecule has 5 heteroatoms. The molecule has 29 heavy (non-hydrogen) atoms. The zero-order valence-electron chi connectivity index (χ0n) is 17.1. The fourth-order valence-corrected chi connectivity index (χ4v) is 4.41. The maximum atomic E-state index is 13.1. The molecule has 0 N–H and O–H groups in total. The molecule has 2 heterocycles. The summed E-state index contributed by atoms with van der Waals surface area (Å²) < 4.78 is 0. The molecule has 152 valence electrons. The summed E-state index contributed by atoms with van der Waals surface area (Å²) in [5, 5.41) is 0. The summed E-state index contributed by atoms with van der Waals surface area (Å²) in [7, 11) is 2.09. The molecule has 2 aliphatic heterocycles. The van der Waals surface area contributed by atoms with Crippen LogP contribution in [0.5, 0.6) is 0 Å². The Morgan fingerprint density at radius 1 is 1.03 bits per heavy atom. The van der Waals surface area contributed by atoms with Crippen molar-refractivity contribution in [3.05, 3.63) is 65.7 Å². The van der Waals surface area contributed by atoms with Crippen LogP contribution in [0.2, 0.25) is 0 Å². The van der Waals surface area contributed by atoms with Gasteiger partial charge in [-0.1, -0.05) is 30.3 Å². The number of anilines is 1. The normalized spacial score (nSPS) is 19.1. The van der Waals surface area contributed by atoms with E-state index in [1.165, 1.54) is 5.69 Å². The zero-order chi connectivity index (χ0) is 20.2. The molecule has 2 aromatic carbocycles. The van der Waals surface area contributed by atoms with Gasteiger partial charge >= 0.3 is 0 Å². The number of likely N-dealkylation sites (N-methyl/N-ethyl adjacent to an activating group) is 1. The number of hydrogen-bond acceptors (Lipinski definition) is 3. The SMILES string of the molecule is CN(C[C@H]1CCCN1C(=O)c1ccc(CN2CCCC2=O)cc1)c1ccccc1. The maximum absolute atomic E-state index is 13.1. The molecule has 0 unspecified atom stereocenters. The monoisotopic (exact) mass is 391 g/mol. The highest BCUT2D eigenvalue weighted by molar-refractivity contribution is 5.94. The minimum absolute atomic E-state index is 0.109. The molecule has 0 radical (unpaired) electrons. The minimum atomic E-state index is 0.109. The zero-order valence-corrected chi connectivity index (χ0v) is 17.1. The quantitative estimate of drug-likeness (QED) is 0.756. The molecule has 0 aliphatic carbocycles. The van der Waals surface area contributed by atoms with Crippen LogP contribution in [0.1, 0.15) is 41.6 Å². The van der Waals surface area contributed by atoms with Crippen molar-refractivity contribution in [1.82, 2.24) is 9.80 Å². The van der Waals surface area contributed by atoms with Gasteiger partial charge in [0.05, 0.1) is 0 Å². The van der Waals surface area contributed by atoms with E-state index < -0.39 is 0 Å². The molecule has 0 saturated carbocycles. The number of rotatable bonds is 6. The molecule has 4 rings (SSSR count). The van der Waals surface area contributed by atoms with Crippen molar-refractivity contribution in [2.24, 2.45) is 0 Å². The van der Waals surface area contributed by atoms with E-state index in [1.54, 1.807) is 0 Å². The van der Waals surface area contributed by atoms with Crippen molar-refractivity contribution in [2.45, 2.75) is 38.3 Å². The summed E-state index contributed by atoms with van der Waals surface area (Å²) in [5.74, 6) is 0.338. The van der Waals surface area contributed by atoms with Gasteiger partial charge in [0, 0.05) is 56.9 Å². The number of hydrogen-bond donors (Lipinski definition) is 0. The van der Waals surface area contributed by atoms with E-state index in [9.17, 15) is 9.59 Å². The molecule has 5 nitrogen and oxygen atoms in total. The van der Waals surface area contributed by atoms with Crippen molar-refractivity contribution < 1.29 is 9.59 Å². The van der Waals surface area contributed by atoms with Crippen LogP contribution in [0.15, 0.2) is 54.6 Å². The van der Waals surface area contributed by atoms with Gasteiger partial charge in [0.2, 0.25) is 5.91 Å². The Labute approximate surface area is 172 Å². The molecule has 2 aromatic rings. The lowest BCUT2D eigenvalue weighted by Crippen LogP contribution is -2.42. The molecule has 2 fully saturated rings. The van der Waals surface area contributed by atoms with E-state index in [4.69, 9.17) is 0 Å². The number of carbonyl (C=O) groups excluding carboxylic acids is 2. The standard InChI is InChI=1S/C24H29N3O2/c1-25(21-7-3-2-4-8-21)18-22-9-5-16-27(22)24(29)20-13-11-19(12-14-20)17-26-15-6-10-23(26)28/h2-4,7-8,11-14,22H,5-6,9-10,15-18H2,1H3/t22-/m1/s1. The molecule has 0 aromatic heterocycles. The Bertz CT molecular complexity index is 850. The van der Waals surface area contributed by atoms with E-state index in [-0.39, 0.29) is 17.9 Å². The third kappa shape index (κ3) is 4.44. The Kier molecular flexibility index (Phi) is 5.84. The first-order chi connectivity index (χ1) is 14.1. The molecule has 0 bridgehead atoms. The summed E-state index contributed by atoms with van der Waals surface area (Å²) in [6, 6.07) is 18.3. The highest BCUT2D eigenvalue weighted by atomic mass is 16.2. The summed E-state index contributed by atoms with van der Waals surface area (Å²) in [4.78, 5) is 31.1. The molecule has 1 atom stereocenters. The molecule has 2 amide bonds. The molecule has 2 aliphatic rings. The Balaban J connectivity index is 1.39. The van der Waals surface area contributed by atoms with Crippen molar-refractivity contribution >= 4 is 17.5 Å². The minimum Gasteiger partial charge on any atom is -0.373 e. The van der Waals surface area contributed by atoms with Crippen molar-refractivity contribution in [2.75, 3.05) is 31.6 Å². The van der Waals surface area contributed by atoms with Crippen LogP contribution in [0.4, 0.5) is 5.69 Å². The van der Waals surface area contributed by atoms with E-state index in [2.05, 4.69) is 24.1 Å². The Morgan fingerprint density at radius 3 is 2.48 bits per heavy atom. The lowest BCUT2D eigenvalue weighted by atomic mass is 10.1. The first-order valence-corrected chi connectivity index (χ1v) is 10.6. The van der Waals surface area contributed by atoms with Gasteiger partial charge in [-0.05, 0) is 49.1 Å². The van der Waals surface area contributed by atoms with Crippen molar-refractivity contribution in [3.8, 4) is 0 Å². The van der Waals surface area contributed by atoms with Crippen molar-refractivity contribution in [3.63, 3.8) is 0 Å². The van der Waals surface area contributed by atoms with Crippen LogP contribution < -0.4 is 4.90 Å². The number of likely N-dealkylation sites (tertiary alicyclic amines) is 2. The van der Waals surface area contributed by atoms with E-state index in [0.717, 1.165) is 50.0 Å². The summed E-state index contributed by atoms with van der Waals surface area (Å²) >= 11 is 0. The van der Waals surface area contributed by atoms with E-state index in [0.29, 0.717) is 13.0 Å². The van der Waals surface area contributed by atoms with Gasteiger partial charge in [0.25, 0.3) is 5.91 Å². The van der Waals surface area contributed by atoms with Gasteiger partial charge in [-0.15, -0.1) is 0 Å². The van der Waals surface area contributed by atoms with Gasteiger partial charge in [-0.3, -0.25) is 9.59 Å². The molecular weight excluding hydrogens is 362 g/mol. The molecular formula is C24H29N3O2. The molecule has 2 saturated heterocycles. The number of para-hydroxylation sites is 1. The topological polar surface area (TPSA) is 43.9 Å².